The van der Waals surface area contributed by atoms with Crippen LogP contribution in [0.2, 0.25) is 0 Å². The third kappa shape index (κ3) is 5.98. The lowest BCUT2D eigenvalue weighted by atomic mass is 10.1. The number of benzene rings is 3. The number of nitrogens with zero attached hydrogens (tertiary/aromatic N) is 3. The number of aromatic nitrogens is 2. The number of rotatable bonds is 9. The van der Waals surface area contributed by atoms with Crippen LogP contribution in [0.1, 0.15) is 11.4 Å². The first-order valence-electron chi connectivity index (χ1n) is 10.1. The zero-order valence-corrected chi connectivity index (χ0v) is 19.1. The monoisotopic (exact) mass is 499 g/mol. The van der Waals surface area contributed by atoms with Crippen LogP contribution in [-0.2, 0) is 21.3 Å². The summed E-state index contributed by atoms with van der Waals surface area (Å²) < 4.78 is 54.4. The topological polar surface area (TPSA) is 135 Å². The van der Waals surface area contributed by atoms with Crippen LogP contribution in [-0.4, -0.2) is 30.6 Å². The van der Waals surface area contributed by atoms with Gasteiger partial charge in [-0.25, -0.2) is 12.8 Å². The second kappa shape index (κ2) is 9.89. The number of halogens is 1. The largest absolute Gasteiger partial charge is 0.497 e. The number of nitro benzene ring substituents is 1. The third-order valence-corrected chi connectivity index (χ3v) is 6.28. The fourth-order valence-corrected chi connectivity index (χ4v) is 4.48. The summed E-state index contributed by atoms with van der Waals surface area (Å²) in [4.78, 5) is 14.8. The number of ether oxygens (including phenoxy) is 2. The molecule has 4 rings (SSSR count). The van der Waals surface area contributed by atoms with Crippen LogP contribution in [0.5, 0.6) is 17.2 Å². The number of hydrogen-bond acceptors (Lipinski definition) is 9. The van der Waals surface area contributed by atoms with Crippen molar-refractivity contribution in [3.05, 3.63) is 94.0 Å². The number of nitro groups is 1. The van der Waals surface area contributed by atoms with Crippen molar-refractivity contribution < 1.29 is 31.7 Å². The molecule has 0 unspecified atom stereocenters. The van der Waals surface area contributed by atoms with E-state index < -0.39 is 26.3 Å². The van der Waals surface area contributed by atoms with Crippen LogP contribution in [0, 0.1) is 15.9 Å². The van der Waals surface area contributed by atoms with Crippen molar-refractivity contribution in [3.63, 3.8) is 0 Å². The molecule has 0 saturated carbocycles. The summed E-state index contributed by atoms with van der Waals surface area (Å²) in [7, 11) is -2.19. The molecular weight excluding hydrogens is 481 g/mol. The molecule has 10 nitrogen and oxygen atoms in total. The zero-order valence-electron chi connectivity index (χ0n) is 18.3. The van der Waals surface area contributed by atoms with Gasteiger partial charge in [-0.2, -0.15) is 4.98 Å². The Morgan fingerprint density at radius 1 is 1.00 bits per heavy atom. The van der Waals surface area contributed by atoms with Crippen molar-refractivity contribution in [2.45, 2.75) is 11.5 Å². The highest BCUT2D eigenvalue weighted by atomic mass is 32.2. The summed E-state index contributed by atoms with van der Waals surface area (Å²) in [5.74, 6) is -0.429. The summed E-state index contributed by atoms with van der Waals surface area (Å²) in [5.41, 5.74) is 0.277. The van der Waals surface area contributed by atoms with E-state index in [-0.39, 0.29) is 34.5 Å². The van der Waals surface area contributed by atoms with Crippen LogP contribution < -0.4 is 9.47 Å². The Morgan fingerprint density at radius 2 is 1.69 bits per heavy atom. The molecule has 12 heteroatoms. The van der Waals surface area contributed by atoms with Crippen molar-refractivity contribution in [2.24, 2.45) is 0 Å². The Kier molecular flexibility index (Phi) is 6.73. The molecule has 180 valence electrons. The molecule has 35 heavy (non-hydrogen) atoms. The van der Waals surface area contributed by atoms with Crippen molar-refractivity contribution in [3.8, 4) is 28.7 Å². The molecule has 0 saturated heterocycles. The Morgan fingerprint density at radius 3 is 2.34 bits per heavy atom. The lowest BCUT2D eigenvalue weighted by molar-refractivity contribution is -0.384. The third-order valence-electron chi connectivity index (χ3n) is 4.81. The van der Waals surface area contributed by atoms with Gasteiger partial charge in [0.2, 0.25) is 0 Å². The normalized spacial score (nSPS) is 11.3. The minimum atomic E-state index is -3.72. The van der Waals surface area contributed by atoms with Crippen LogP contribution in [0.15, 0.2) is 71.3 Å². The Bertz CT molecular complexity index is 1450. The summed E-state index contributed by atoms with van der Waals surface area (Å²) >= 11 is 0. The number of non-ortho nitro benzene ring substituents is 1. The molecule has 0 amide bonds. The van der Waals surface area contributed by atoms with E-state index in [1.807, 2.05) is 0 Å². The zero-order chi connectivity index (χ0) is 25.0. The molecule has 0 aliphatic rings. The van der Waals surface area contributed by atoms with Crippen molar-refractivity contribution >= 4 is 15.5 Å². The van der Waals surface area contributed by atoms with Gasteiger partial charge in [-0.15, -0.1) is 0 Å². The van der Waals surface area contributed by atoms with Crippen LogP contribution in [0.3, 0.4) is 0 Å². The lowest BCUT2D eigenvalue weighted by Crippen LogP contribution is -2.08. The van der Waals surface area contributed by atoms with Gasteiger partial charge in [0.15, 0.2) is 15.7 Å². The van der Waals surface area contributed by atoms with Gasteiger partial charge in [0, 0.05) is 12.1 Å². The number of methoxy groups -OCH3 is 1. The maximum atomic E-state index is 13.1. The Balaban J connectivity index is 1.60. The molecule has 0 spiro atoms. The summed E-state index contributed by atoms with van der Waals surface area (Å²) in [6, 6.07) is 15.6. The van der Waals surface area contributed by atoms with Gasteiger partial charge in [0.1, 0.15) is 28.8 Å². The van der Waals surface area contributed by atoms with Gasteiger partial charge in [-0.3, -0.25) is 10.1 Å². The molecule has 0 bridgehead atoms. The molecular formula is C23H18FN3O7S. The maximum Gasteiger partial charge on any atom is 0.270 e. The quantitative estimate of drug-likeness (QED) is 0.237. The van der Waals surface area contributed by atoms with Crippen molar-refractivity contribution in [1.82, 2.24) is 10.1 Å². The lowest BCUT2D eigenvalue weighted by Gasteiger charge is -2.09. The first-order valence-corrected chi connectivity index (χ1v) is 11.9. The van der Waals surface area contributed by atoms with Gasteiger partial charge in [0.25, 0.3) is 11.6 Å². The van der Waals surface area contributed by atoms with E-state index in [0.717, 1.165) is 0 Å². The fourth-order valence-electron chi connectivity index (χ4n) is 3.16. The Labute approximate surface area is 199 Å². The first-order chi connectivity index (χ1) is 16.7. The van der Waals surface area contributed by atoms with E-state index in [1.165, 1.54) is 49.6 Å². The highest BCUT2D eigenvalue weighted by Crippen LogP contribution is 2.36. The van der Waals surface area contributed by atoms with Crippen LogP contribution in [0.25, 0.3) is 11.5 Å². The summed E-state index contributed by atoms with van der Waals surface area (Å²) in [6.07, 6.45) is 0. The van der Waals surface area contributed by atoms with Gasteiger partial charge >= 0.3 is 0 Å². The van der Waals surface area contributed by atoms with Crippen molar-refractivity contribution in [1.29, 1.82) is 0 Å². The molecule has 1 aromatic heterocycles. The summed E-state index contributed by atoms with van der Waals surface area (Å²) in [6.45, 7) is 0. The van der Waals surface area contributed by atoms with E-state index in [9.17, 15) is 22.9 Å². The number of hydrogen-bond donors (Lipinski definition) is 0. The van der Waals surface area contributed by atoms with Gasteiger partial charge in [-0.1, -0.05) is 17.3 Å². The number of sulfone groups is 1. The smallest absolute Gasteiger partial charge is 0.270 e. The minimum absolute atomic E-state index is 0.115. The molecule has 0 fully saturated rings. The van der Waals surface area contributed by atoms with E-state index >= 15 is 0 Å². The molecule has 0 aliphatic heterocycles. The molecule has 3 aromatic carbocycles. The van der Waals surface area contributed by atoms with Gasteiger partial charge in [-0.05, 0) is 48.0 Å². The predicted octanol–water partition coefficient (Wildman–Crippen LogP) is 4.70. The second-order valence-corrected chi connectivity index (χ2v) is 9.45. The van der Waals surface area contributed by atoms with E-state index in [4.69, 9.17) is 14.0 Å². The van der Waals surface area contributed by atoms with E-state index in [1.54, 1.807) is 24.3 Å². The highest BCUT2D eigenvalue weighted by Gasteiger charge is 2.22. The fraction of sp³-hybridized carbons (Fsp3) is 0.130. The maximum absolute atomic E-state index is 13.1. The summed E-state index contributed by atoms with van der Waals surface area (Å²) in [5, 5.41) is 15.0. The van der Waals surface area contributed by atoms with E-state index in [0.29, 0.717) is 17.1 Å². The second-order valence-electron chi connectivity index (χ2n) is 7.39. The predicted molar refractivity (Wildman–Crippen MR) is 122 cm³/mol. The minimum Gasteiger partial charge on any atom is -0.497 e. The molecule has 0 N–H and O–H groups in total. The molecule has 4 aromatic rings. The molecule has 0 atom stereocenters. The van der Waals surface area contributed by atoms with Crippen LogP contribution >= 0.6 is 0 Å². The average molecular weight is 499 g/mol. The SMILES string of the molecule is COc1ccc(Oc2ccc([N+](=O)[O-])cc2-c2nc(CS(=O)(=O)Cc3ccc(F)cc3)no2)cc1. The highest BCUT2D eigenvalue weighted by molar-refractivity contribution is 7.89. The Hall–Kier alpha value is -4.32. The van der Waals surface area contributed by atoms with Gasteiger partial charge in [0.05, 0.1) is 23.3 Å². The molecule has 1 heterocycles. The van der Waals surface area contributed by atoms with Crippen LogP contribution in [0.4, 0.5) is 10.1 Å². The first kappa shape index (κ1) is 23.8. The van der Waals surface area contributed by atoms with Gasteiger partial charge < -0.3 is 14.0 Å². The molecule has 0 radical (unpaired) electrons. The van der Waals surface area contributed by atoms with E-state index in [2.05, 4.69) is 10.1 Å². The molecule has 0 aliphatic carbocycles. The average Bonchev–Trinajstić information content (AvgIpc) is 3.28. The standard InChI is InChI=1S/C23H18FN3O7S/c1-32-18-7-9-19(10-8-18)33-21-11-6-17(27(28)29)12-20(21)23-25-22(26-34-23)14-35(30,31)13-15-2-4-16(24)5-3-15/h2-12H,13-14H2,1H3. The van der Waals surface area contributed by atoms with Crippen molar-refractivity contribution in [2.75, 3.05) is 7.11 Å².